The maximum Gasteiger partial charge on any atom is 0.420 e. The molecule has 1 aromatic rings. The Balaban J connectivity index is 4.06. The number of anilines is 2. The van der Waals surface area contributed by atoms with Crippen molar-refractivity contribution in [2.24, 2.45) is 0 Å². The van der Waals surface area contributed by atoms with E-state index >= 15 is 0 Å². The summed E-state index contributed by atoms with van der Waals surface area (Å²) in [5.41, 5.74) is 0.387. The van der Waals surface area contributed by atoms with Crippen molar-refractivity contribution >= 4 is 11.4 Å². The number of hydrogen-bond acceptors (Lipinski definition) is 4. The monoisotopic (exact) mass is 294 g/mol. The van der Waals surface area contributed by atoms with Crippen molar-refractivity contribution in [3.05, 3.63) is 22.3 Å². The summed E-state index contributed by atoms with van der Waals surface area (Å²) in [4.78, 5) is 0. The molecule has 0 unspecified atom stereocenters. The van der Waals surface area contributed by atoms with Crippen LogP contribution in [0.25, 0.3) is 0 Å². The number of benzene rings is 1. The molecular weight excluding hydrogens is 290 g/mol. The highest BCUT2D eigenvalue weighted by Gasteiger charge is 2.45. The summed E-state index contributed by atoms with van der Waals surface area (Å²) in [6.45, 7) is 0. The van der Waals surface area contributed by atoms with Crippen LogP contribution >= 0.6 is 0 Å². The third-order valence-electron chi connectivity index (χ3n) is 2.37. The van der Waals surface area contributed by atoms with E-state index in [1.807, 2.05) is 0 Å². The molecule has 1 aromatic carbocycles. The van der Waals surface area contributed by atoms with Gasteiger partial charge in [-0.3, -0.25) is 0 Å². The average molecular weight is 294 g/mol. The first-order valence-corrected chi connectivity index (χ1v) is 4.66. The molecule has 1 rings (SSSR count). The van der Waals surface area contributed by atoms with Crippen LogP contribution in [0, 0.1) is 22.7 Å². The molecule has 0 heterocycles. The molecule has 4 N–H and O–H groups in total. The fourth-order valence-electron chi connectivity index (χ4n) is 1.61. The minimum absolute atomic E-state index is 0.933. The zero-order valence-electron chi connectivity index (χ0n) is 9.32. The van der Waals surface area contributed by atoms with Crippen LogP contribution < -0.4 is 11.5 Å². The molecule has 0 fully saturated rings. The van der Waals surface area contributed by atoms with E-state index < -0.39 is 46.0 Å². The Morgan fingerprint density at radius 3 is 1.20 bits per heavy atom. The Bertz CT molecular complexity index is 603. The molecule has 0 amide bonds. The summed E-state index contributed by atoms with van der Waals surface area (Å²) >= 11 is 0. The Kier molecular flexibility index (Phi) is 3.46. The lowest BCUT2D eigenvalue weighted by molar-refractivity contribution is -0.140. The predicted molar refractivity (Wildman–Crippen MR) is 54.7 cm³/mol. The maximum atomic E-state index is 12.8. The first kappa shape index (κ1) is 15.4. The number of nitriles is 2. The van der Waals surface area contributed by atoms with Crippen LogP contribution in [0.2, 0.25) is 0 Å². The van der Waals surface area contributed by atoms with Crippen LogP contribution in [0.1, 0.15) is 22.3 Å². The fourth-order valence-corrected chi connectivity index (χ4v) is 1.61. The van der Waals surface area contributed by atoms with Crippen LogP contribution in [-0.2, 0) is 12.4 Å². The first-order valence-electron chi connectivity index (χ1n) is 4.66. The van der Waals surface area contributed by atoms with Crippen molar-refractivity contribution in [1.29, 1.82) is 10.5 Å². The Hall–Kier alpha value is -2.62. The normalized spacial score (nSPS) is 11.8. The largest absolute Gasteiger partial charge is 0.420 e. The summed E-state index contributed by atoms with van der Waals surface area (Å²) in [5, 5.41) is 17.2. The highest BCUT2D eigenvalue weighted by Crippen LogP contribution is 2.46. The van der Waals surface area contributed by atoms with Crippen molar-refractivity contribution < 1.29 is 26.3 Å². The van der Waals surface area contributed by atoms with Crippen molar-refractivity contribution in [3.63, 3.8) is 0 Å². The second-order valence-electron chi connectivity index (χ2n) is 3.55. The van der Waals surface area contributed by atoms with Crippen LogP contribution in [0.4, 0.5) is 37.7 Å². The van der Waals surface area contributed by atoms with E-state index in [2.05, 4.69) is 0 Å². The first-order chi connectivity index (χ1) is 8.96. The molecule has 0 atom stereocenters. The number of hydrogen-bond donors (Lipinski definition) is 2. The van der Waals surface area contributed by atoms with E-state index in [4.69, 9.17) is 22.0 Å². The van der Waals surface area contributed by atoms with Crippen molar-refractivity contribution in [1.82, 2.24) is 0 Å². The lowest BCUT2D eigenvalue weighted by Gasteiger charge is -2.19. The van der Waals surface area contributed by atoms with Crippen molar-refractivity contribution in [3.8, 4) is 12.1 Å². The molecule has 0 spiro atoms. The SMILES string of the molecule is N#Cc1c(N)c(C(F)(F)F)c(N)c(C#N)c1C(F)(F)F. The zero-order valence-corrected chi connectivity index (χ0v) is 9.32. The minimum atomic E-state index is -5.25. The Labute approximate surface area is 107 Å². The van der Waals surface area contributed by atoms with E-state index in [-0.39, 0.29) is 0 Å². The number of alkyl halides is 6. The lowest BCUT2D eigenvalue weighted by atomic mass is 9.93. The summed E-state index contributed by atoms with van der Waals surface area (Å²) in [6, 6.07) is 1.87. The molecule has 10 heteroatoms. The van der Waals surface area contributed by atoms with E-state index in [0.717, 1.165) is 12.1 Å². The highest BCUT2D eigenvalue weighted by molar-refractivity contribution is 5.79. The molecular formula is C10H4F6N4. The minimum Gasteiger partial charge on any atom is -0.397 e. The lowest BCUT2D eigenvalue weighted by Crippen LogP contribution is -2.20. The average Bonchev–Trinajstić information content (AvgIpc) is 2.25. The van der Waals surface area contributed by atoms with E-state index in [1.54, 1.807) is 0 Å². The Morgan fingerprint density at radius 2 is 1.00 bits per heavy atom. The van der Waals surface area contributed by atoms with Gasteiger partial charge in [-0.05, 0) is 0 Å². The van der Waals surface area contributed by atoms with E-state index in [9.17, 15) is 26.3 Å². The molecule has 106 valence electrons. The summed E-state index contributed by atoms with van der Waals surface area (Å²) in [5.74, 6) is 0. The third kappa shape index (κ3) is 2.28. The molecule has 0 aliphatic carbocycles. The van der Waals surface area contributed by atoms with Gasteiger partial charge in [-0.15, -0.1) is 0 Å². The maximum absolute atomic E-state index is 12.8. The van der Waals surface area contributed by atoms with Crippen molar-refractivity contribution in [2.45, 2.75) is 12.4 Å². The number of nitrogens with zero attached hydrogens (tertiary/aromatic N) is 2. The van der Waals surface area contributed by atoms with Gasteiger partial charge in [-0.25, -0.2) is 0 Å². The smallest absolute Gasteiger partial charge is 0.397 e. The number of halogens is 6. The number of nitrogen functional groups attached to an aromatic ring is 2. The summed E-state index contributed by atoms with van der Waals surface area (Å²) < 4.78 is 76.5. The van der Waals surface area contributed by atoms with Gasteiger partial charge in [0.25, 0.3) is 0 Å². The van der Waals surface area contributed by atoms with Gasteiger partial charge in [-0.1, -0.05) is 0 Å². The molecule has 0 aliphatic heterocycles. The second-order valence-corrected chi connectivity index (χ2v) is 3.55. The van der Waals surface area contributed by atoms with Crippen LogP contribution in [0.15, 0.2) is 0 Å². The van der Waals surface area contributed by atoms with Crippen LogP contribution in [0.3, 0.4) is 0 Å². The Morgan fingerprint density at radius 1 is 0.700 bits per heavy atom. The molecule has 0 bridgehead atoms. The fraction of sp³-hybridized carbons (Fsp3) is 0.200. The molecule has 0 aromatic heterocycles. The van der Waals surface area contributed by atoms with Gasteiger partial charge in [0.1, 0.15) is 17.7 Å². The van der Waals surface area contributed by atoms with Gasteiger partial charge >= 0.3 is 12.4 Å². The van der Waals surface area contributed by atoms with Gasteiger partial charge in [0.05, 0.1) is 28.1 Å². The van der Waals surface area contributed by atoms with Gasteiger partial charge in [0.2, 0.25) is 0 Å². The molecule has 0 radical (unpaired) electrons. The van der Waals surface area contributed by atoms with Gasteiger partial charge in [-0.2, -0.15) is 36.9 Å². The number of nitrogens with two attached hydrogens (primary N) is 2. The summed E-state index contributed by atoms with van der Waals surface area (Å²) in [7, 11) is 0. The quantitative estimate of drug-likeness (QED) is 0.567. The highest BCUT2D eigenvalue weighted by atomic mass is 19.4. The molecule has 20 heavy (non-hydrogen) atoms. The number of rotatable bonds is 0. The van der Waals surface area contributed by atoms with Crippen LogP contribution in [-0.4, -0.2) is 0 Å². The van der Waals surface area contributed by atoms with Crippen molar-refractivity contribution in [2.75, 3.05) is 11.5 Å². The van der Waals surface area contributed by atoms with Crippen LogP contribution in [0.5, 0.6) is 0 Å². The standard InChI is InChI=1S/C10H4F6N4/c11-9(12,13)5-3(1-17)7(19)6(10(14,15)16)8(20)4(5)2-18/h19-20H2. The topological polar surface area (TPSA) is 99.6 Å². The predicted octanol–water partition coefficient (Wildman–Crippen LogP) is 2.63. The molecule has 0 saturated carbocycles. The van der Waals surface area contributed by atoms with Gasteiger partial charge in [0.15, 0.2) is 0 Å². The second kappa shape index (κ2) is 4.49. The van der Waals surface area contributed by atoms with Gasteiger partial charge < -0.3 is 11.5 Å². The summed E-state index contributed by atoms with van der Waals surface area (Å²) in [6.07, 6.45) is -10.4. The van der Waals surface area contributed by atoms with E-state index in [1.165, 1.54) is 0 Å². The molecule has 0 aliphatic rings. The third-order valence-corrected chi connectivity index (χ3v) is 2.37. The zero-order chi connectivity index (χ0) is 15.9. The van der Waals surface area contributed by atoms with E-state index in [0.29, 0.717) is 0 Å². The molecule has 4 nitrogen and oxygen atoms in total. The molecule has 0 saturated heterocycles. The van der Waals surface area contributed by atoms with Gasteiger partial charge in [0, 0.05) is 0 Å².